The van der Waals surface area contributed by atoms with E-state index in [9.17, 15) is 23.5 Å². The first kappa shape index (κ1) is 22.3. The van der Waals surface area contributed by atoms with Crippen LogP contribution in [0, 0.1) is 11.6 Å². The number of methoxy groups -OCH3 is 2. The molecule has 2 aromatic carbocycles. The molecule has 1 N–H and O–H groups in total. The first-order valence-electron chi connectivity index (χ1n) is 9.49. The molecule has 33 heavy (non-hydrogen) atoms. The van der Waals surface area contributed by atoms with Crippen molar-refractivity contribution in [1.82, 2.24) is 0 Å². The minimum absolute atomic E-state index is 0.00646. The molecule has 1 aliphatic heterocycles. The van der Waals surface area contributed by atoms with Crippen molar-refractivity contribution < 1.29 is 37.4 Å². The zero-order valence-corrected chi connectivity index (χ0v) is 18.0. The molecule has 0 spiro atoms. The van der Waals surface area contributed by atoms with Crippen LogP contribution < -0.4 is 14.4 Å². The van der Waals surface area contributed by atoms with E-state index >= 15 is 0 Å². The minimum Gasteiger partial charge on any atom is -0.507 e. The van der Waals surface area contributed by atoms with Gasteiger partial charge in [0, 0.05) is 12.1 Å². The lowest BCUT2D eigenvalue weighted by Gasteiger charge is -2.24. The van der Waals surface area contributed by atoms with Crippen molar-refractivity contribution in [3.05, 3.63) is 82.3 Å². The highest BCUT2D eigenvalue weighted by Gasteiger charge is 2.49. The number of carbonyl (C=O) groups excluding carboxylic acids is 2. The van der Waals surface area contributed by atoms with Crippen LogP contribution in [-0.4, -0.2) is 31.0 Å². The second-order valence-corrected chi connectivity index (χ2v) is 7.37. The topological polar surface area (TPSA) is 89.2 Å². The molecule has 10 heteroatoms. The molecule has 0 radical (unpaired) electrons. The standard InChI is InChI=1S/C23H16ClF2NO6/c1-31-17-10-13(24)18(32-2)9-12(17)21(28)19-20(16-4-3-7-33-16)27(23(30)22(19)29)15-8-11(25)5-6-14(15)26/h3-10,20,28H,1-2H3/b21-19+. The first-order valence-corrected chi connectivity index (χ1v) is 9.87. The Morgan fingerprint density at radius 3 is 2.45 bits per heavy atom. The summed E-state index contributed by atoms with van der Waals surface area (Å²) in [4.78, 5) is 26.8. The number of aliphatic hydroxyl groups is 1. The summed E-state index contributed by atoms with van der Waals surface area (Å²) in [5, 5.41) is 11.4. The zero-order chi connectivity index (χ0) is 23.9. The van der Waals surface area contributed by atoms with Crippen molar-refractivity contribution in [1.29, 1.82) is 0 Å². The summed E-state index contributed by atoms with van der Waals surface area (Å²) in [7, 11) is 2.67. The Bertz CT molecular complexity index is 1290. The van der Waals surface area contributed by atoms with Gasteiger partial charge in [0.2, 0.25) is 0 Å². The third kappa shape index (κ3) is 3.70. The molecule has 1 saturated heterocycles. The fourth-order valence-electron chi connectivity index (χ4n) is 3.66. The monoisotopic (exact) mass is 475 g/mol. The number of hydrogen-bond donors (Lipinski definition) is 1. The van der Waals surface area contributed by atoms with Gasteiger partial charge >= 0.3 is 0 Å². The lowest BCUT2D eigenvalue weighted by molar-refractivity contribution is -0.132. The molecule has 170 valence electrons. The number of halogens is 3. The molecule has 1 fully saturated rings. The SMILES string of the molecule is COc1cc(/C(O)=C2\C(=O)C(=O)N(c3cc(F)ccc3F)C2c2ccco2)c(OC)cc1Cl. The van der Waals surface area contributed by atoms with E-state index in [-0.39, 0.29) is 27.8 Å². The Labute approximate surface area is 191 Å². The fraction of sp³-hybridized carbons (Fsp3) is 0.130. The van der Waals surface area contributed by atoms with Gasteiger partial charge in [0.15, 0.2) is 0 Å². The lowest BCUT2D eigenvalue weighted by Crippen LogP contribution is -2.30. The number of rotatable bonds is 5. The number of hydrogen-bond acceptors (Lipinski definition) is 6. The number of ether oxygens (including phenoxy) is 2. The van der Waals surface area contributed by atoms with Gasteiger partial charge in [-0.25, -0.2) is 8.78 Å². The van der Waals surface area contributed by atoms with Crippen LogP contribution in [0.1, 0.15) is 17.4 Å². The van der Waals surface area contributed by atoms with Crippen LogP contribution in [0.5, 0.6) is 11.5 Å². The van der Waals surface area contributed by atoms with E-state index in [1.807, 2.05) is 0 Å². The molecule has 1 amide bonds. The van der Waals surface area contributed by atoms with Crippen molar-refractivity contribution in [2.24, 2.45) is 0 Å². The smallest absolute Gasteiger partial charge is 0.300 e. The highest BCUT2D eigenvalue weighted by molar-refractivity contribution is 6.51. The Kier molecular flexibility index (Phi) is 5.82. The van der Waals surface area contributed by atoms with Gasteiger partial charge in [-0.2, -0.15) is 0 Å². The van der Waals surface area contributed by atoms with Crippen molar-refractivity contribution in [3.8, 4) is 11.5 Å². The van der Waals surface area contributed by atoms with Gasteiger partial charge in [0.1, 0.15) is 40.7 Å². The molecule has 1 aromatic heterocycles. The second kappa shape index (κ2) is 8.59. The number of nitrogens with zero attached hydrogens (tertiary/aromatic N) is 1. The molecule has 7 nitrogen and oxygen atoms in total. The van der Waals surface area contributed by atoms with Gasteiger partial charge < -0.3 is 19.0 Å². The van der Waals surface area contributed by atoms with Crippen LogP contribution in [0.3, 0.4) is 0 Å². The molecular weight excluding hydrogens is 460 g/mol. The summed E-state index contributed by atoms with van der Waals surface area (Å²) in [6, 6.07) is 6.71. The highest BCUT2D eigenvalue weighted by Crippen LogP contribution is 2.45. The van der Waals surface area contributed by atoms with Crippen LogP contribution >= 0.6 is 11.6 Å². The maximum Gasteiger partial charge on any atom is 0.300 e. The molecule has 0 bridgehead atoms. The van der Waals surface area contributed by atoms with E-state index in [0.717, 1.165) is 23.1 Å². The van der Waals surface area contributed by atoms with E-state index < -0.39 is 46.4 Å². The number of ketones is 1. The number of aliphatic hydroxyl groups excluding tert-OH is 1. The molecule has 1 unspecified atom stereocenters. The molecule has 3 aromatic rings. The molecule has 1 aliphatic rings. The Morgan fingerprint density at radius 2 is 1.82 bits per heavy atom. The normalized spacial score (nSPS) is 17.5. The third-order valence-electron chi connectivity index (χ3n) is 5.15. The zero-order valence-electron chi connectivity index (χ0n) is 17.3. The van der Waals surface area contributed by atoms with Crippen molar-refractivity contribution in [2.75, 3.05) is 19.1 Å². The maximum atomic E-state index is 14.6. The van der Waals surface area contributed by atoms with Gasteiger partial charge in [0.25, 0.3) is 11.7 Å². The number of anilines is 1. The van der Waals surface area contributed by atoms with E-state index in [1.165, 1.54) is 44.7 Å². The summed E-state index contributed by atoms with van der Waals surface area (Å²) in [6.45, 7) is 0. The third-order valence-corrected chi connectivity index (χ3v) is 5.45. The quantitative estimate of drug-likeness (QED) is 0.322. The van der Waals surface area contributed by atoms with Crippen LogP contribution in [0.15, 0.2) is 58.7 Å². The van der Waals surface area contributed by atoms with Crippen LogP contribution in [0.2, 0.25) is 5.02 Å². The summed E-state index contributed by atoms with van der Waals surface area (Å²) >= 11 is 6.12. The average molecular weight is 476 g/mol. The summed E-state index contributed by atoms with van der Waals surface area (Å²) < 4.78 is 44.4. The number of carbonyl (C=O) groups is 2. The summed E-state index contributed by atoms with van der Waals surface area (Å²) in [6.07, 6.45) is 1.28. The van der Waals surface area contributed by atoms with Gasteiger partial charge in [-0.1, -0.05) is 11.6 Å². The van der Waals surface area contributed by atoms with Crippen molar-refractivity contribution in [3.63, 3.8) is 0 Å². The Hall–Kier alpha value is -3.85. The van der Waals surface area contributed by atoms with E-state index in [4.69, 9.17) is 25.5 Å². The second-order valence-electron chi connectivity index (χ2n) is 6.97. The number of amides is 1. The van der Waals surface area contributed by atoms with Crippen LogP contribution in [0.25, 0.3) is 5.76 Å². The van der Waals surface area contributed by atoms with Gasteiger partial charge in [-0.3, -0.25) is 14.5 Å². The molecule has 0 saturated carbocycles. The highest BCUT2D eigenvalue weighted by atomic mass is 35.5. The van der Waals surface area contributed by atoms with E-state index in [1.54, 1.807) is 0 Å². The minimum atomic E-state index is -1.39. The number of furan rings is 1. The lowest BCUT2D eigenvalue weighted by atomic mass is 9.98. The molecule has 1 atom stereocenters. The Morgan fingerprint density at radius 1 is 1.09 bits per heavy atom. The molecule has 0 aliphatic carbocycles. The van der Waals surface area contributed by atoms with E-state index in [2.05, 4.69) is 0 Å². The van der Waals surface area contributed by atoms with Crippen molar-refractivity contribution >= 4 is 34.7 Å². The van der Waals surface area contributed by atoms with Gasteiger partial charge in [-0.15, -0.1) is 0 Å². The van der Waals surface area contributed by atoms with Crippen LogP contribution in [-0.2, 0) is 9.59 Å². The average Bonchev–Trinajstić information content (AvgIpc) is 3.42. The maximum absolute atomic E-state index is 14.6. The fourth-order valence-corrected chi connectivity index (χ4v) is 3.89. The number of Topliss-reactive ketones (excluding diaryl/α,β-unsaturated/α-hetero) is 1. The summed E-state index contributed by atoms with van der Waals surface area (Å²) in [5.41, 5.74) is -0.910. The predicted octanol–water partition coefficient (Wildman–Crippen LogP) is 4.85. The predicted molar refractivity (Wildman–Crippen MR) is 114 cm³/mol. The van der Waals surface area contributed by atoms with Gasteiger partial charge in [0.05, 0.1) is 42.3 Å². The molecular formula is C23H16ClF2NO6. The van der Waals surface area contributed by atoms with Gasteiger partial charge in [-0.05, 0) is 30.3 Å². The summed E-state index contributed by atoms with van der Waals surface area (Å²) in [5.74, 6) is -4.43. The molecule has 2 heterocycles. The number of benzene rings is 2. The molecule has 4 rings (SSSR count). The Balaban J connectivity index is 2.00. The first-order chi connectivity index (χ1) is 15.8. The largest absolute Gasteiger partial charge is 0.507 e. The van der Waals surface area contributed by atoms with E-state index in [0.29, 0.717) is 0 Å². The van der Waals surface area contributed by atoms with Crippen LogP contribution in [0.4, 0.5) is 14.5 Å². The van der Waals surface area contributed by atoms with Crippen molar-refractivity contribution in [2.45, 2.75) is 6.04 Å².